The van der Waals surface area contributed by atoms with Crippen molar-refractivity contribution in [2.24, 2.45) is 0 Å². The first-order valence-electron chi connectivity index (χ1n) is 8.73. The number of halogens is 4. The molecule has 11 heteroatoms. The van der Waals surface area contributed by atoms with E-state index in [1.165, 1.54) is 24.8 Å². The minimum absolute atomic E-state index is 0.0353. The van der Waals surface area contributed by atoms with Crippen LogP contribution in [-0.2, 0) is 17.5 Å². The van der Waals surface area contributed by atoms with Crippen LogP contribution in [0.2, 0.25) is 0 Å². The fourth-order valence-electron chi connectivity index (χ4n) is 2.91. The van der Waals surface area contributed by atoms with Crippen LogP contribution >= 0.6 is 0 Å². The molecule has 7 nitrogen and oxygen atoms in total. The maximum absolute atomic E-state index is 14.8. The number of aliphatic hydroxyl groups is 1. The zero-order chi connectivity index (χ0) is 21.6. The number of carbonyl (C=O) groups is 1. The predicted octanol–water partition coefficient (Wildman–Crippen LogP) is 3.17. The van der Waals surface area contributed by atoms with Crippen LogP contribution in [0.5, 0.6) is 5.75 Å². The molecule has 2 aromatic rings. The highest BCUT2D eigenvalue weighted by Crippen LogP contribution is 2.34. The molecule has 0 unspecified atom stereocenters. The molecule has 0 spiro atoms. The van der Waals surface area contributed by atoms with Crippen molar-refractivity contribution in [3.63, 3.8) is 0 Å². The van der Waals surface area contributed by atoms with Crippen molar-refractivity contribution in [1.82, 2.24) is 15.0 Å². The van der Waals surface area contributed by atoms with Gasteiger partial charge in [0.05, 0.1) is 24.6 Å². The Morgan fingerprint density at radius 3 is 2.62 bits per heavy atom. The number of nitrogens with zero attached hydrogens (tertiary/aromatic N) is 3. The van der Waals surface area contributed by atoms with Crippen molar-refractivity contribution in [1.29, 1.82) is 0 Å². The van der Waals surface area contributed by atoms with Crippen LogP contribution in [0.3, 0.4) is 0 Å². The summed E-state index contributed by atoms with van der Waals surface area (Å²) in [4.78, 5) is 17.2. The van der Waals surface area contributed by atoms with Crippen molar-refractivity contribution in [2.75, 3.05) is 6.61 Å². The van der Waals surface area contributed by atoms with Crippen LogP contribution in [0.25, 0.3) is 11.4 Å². The Kier molecular flexibility index (Phi) is 5.28. The van der Waals surface area contributed by atoms with E-state index in [1.54, 1.807) is 6.92 Å². The van der Waals surface area contributed by atoms with E-state index in [-0.39, 0.29) is 42.4 Å². The van der Waals surface area contributed by atoms with E-state index >= 15 is 0 Å². The third kappa shape index (κ3) is 4.66. The molecule has 158 valence electrons. The molecule has 0 saturated heterocycles. The quantitative estimate of drug-likeness (QED) is 0.772. The Labute approximate surface area is 163 Å². The van der Waals surface area contributed by atoms with Crippen LogP contribution in [-0.4, -0.2) is 44.3 Å². The molecule has 2 heterocycles. The molecule has 1 aliphatic rings. The number of amides is 1. The SMILES string of the molecule is C[C@@H]1COc2cc(-c3noc(C(F)(F)F)n3)cc(F)c2CN1C(=O)CC(C)(C)O. The fourth-order valence-corrected chi connectivity index (χ4v) is 2.91. The molecule has 29 heavy (non-hydrogen) atoms. The standard InChI is InChI=1S/C18H19F4N3O4/c1-9-8-28-13-5-10(15-23-16(29-24-15)18(20,21)22)4-12(19)11(13)7-25(9)14(26)6-17(2,3)27/h4-5,9,27H,6-8H2,1-3H3/t9-/m1/s1. The van der Waals surface area contributed by atoms with Crippen molar-refractivity contribution < 1.29 is 36.7 Å². The van der Waals surface area contributed by atoms with Gasteiger partial charge in [0.1, 0.15) is 18.2 Å². The van der Waals surface area contributed by atoms with Gasteiger partial charge in [0.15, 0.2) is 0 Å². The molecule has 3 rings (SSSR count). The first-order chi connectivity index (χ1) is 13.3. The van der Waals surface area contributed by atoms with E-state index in [2.05, 4.69) is 14.7 Å². The van der Waals surface area contributed by atoms with Crippen molar-refractivity contribution >= 4 is 5.91 Å². The van der Waals surface area contributed by atoms with Crippen molar-refractivity contribution in [3.8, 4) is 17.1 Å². The average molecular weight is 417 g/mol. The number of ether oxygens (including phenoxy) is 1. The van der Waals surface area contributed by atoms with Gasteiger partial charge in [-0.25, -0.2) is 4.39 Å². The lowest BCUT2D eigenvalue weighted by Crippen LogP contribution is -2.42. The van der Waals surface area contributed by atoms with E-state index in [9.17, 15) is 27.5 Å². The third-order valence-electron chi connectivity index (χ3n) is 4.33. The zero-order valence-corrected chi connectivity index (χ0v) is 15.9. The summed E-state index contributed by atoms with van der Waals surface area (Å²) < 4.78 is 62.5. The summed E-state index contributed by atoms with van der Waals surface area (Å²) in [6.45, 7) is 4.61. The number of aromatic nitrogens is 2. The predicted molar refractivity (Wildman–Crippen MR) is 91.1 cm³/mol. The van der Waals surface area contributed by atoms with Crippen LogP contribution in [0.15, 0.2) is 16.7 Å². The largest absolute Gasteiger partial charge is 0.491 e. The Bertz CT molecular complexity index is 921. The second-order valence-electron chi connectivity index (χ2n) is 7.53. The molecular formula is C18H19F4N3O4. The number of rotatable bonds is 3. The number of benzene rings is 1. The second kappa shape index (κ2) is 7.29. The Morgan fingerprint density at radius 2 is 2.03 bits per heavy atom. The lowest BCUT2D eigenvalue weighted by molar-refractivity contribution is -0.159. The number of fused-ring (bicyclic) bond motifs is 1. The zero-order valence-electron chi connectivity index (χ0n) is 15.9. The van der Waals surface area contributed by atoms with Gasteiger partial charge in [0.25, 0.3) is 0 Å². The van der Waals surface area contributed by atoms with E-state index in [0.717, 1.165) is 6.07 Å². The summed E-state index contributed by atoms with van der Waals surface area (Å²) in [6.07, 6.45) is -4.97. The number of hydrogen-bond acceptors (Lipinski definition) is 6. The average Bonchev–Trinajstić information content (AvgIpc) is 3.01. The monoisotopic (exact) mass is 417 g/mol. The van der Waals surface area contributed by atoms with E-state index in [4.69, 9.17) is 4.74 Å². The van der Waals surface area contributed by atoms with Crippen molar-refractivity contribution in [2.45, 2.75) is 51.6 Å². The van der Waals surface area contributed by atoms with Gasteiger partial charge in [0, 0.05) is 11.1 Å². The van der Waals surface area contributed by atoms with Gasteiger partial charge in [-0.05, 0) is 32.9 Å². The highest BCUT2D eigenvalue weighted by atomic mass is 19.4. The topological polar surface area (TPSA) is 88.7 Å². The normalized spacial score (nSPS) is 17.5. The van der Waals surface area contributed by atoms with Gasteiger partial charge >= 0.3 is 12.1 Å². The summed E-state index contributed by atoms with van der Waals surface area (Å²) in [6, 6.07) is 1.85. The summed E-state index contributed by atoms with van der Waals surface area (Å²) in [5.41, 5.74) is -1.21. The van der Waals surface area contributed by atoms with Gasteiger partial charge < -0.3 is 19.3 Å². The molecule has 0 bridgehead atoms. The molecule has 1 atom stereocenters. The summed E-state index contributed by atoms with van der Waals surface area (Å²) in [7, 11) is 0. The third-order valence-corrected chi connectivity index (χ3v) is 4.33. The fraction of sp³-hybridized carbons (Fsp3) is 0.500. The van der Waals surface area contributed by atoms with Crippen molar-refractivity contribution in [3.05, 3.63) is 29.4 Å². The van der Waals surface area contributed by atoms with Gasteiger partial charge in [-0.15, -0.1) is 0 Å². The lowest BCUT2D eigenvalue weighted by Gasteiger charge is -2.29. The van der Waals surface area contributed by atoms with Gasteiger partial charge in [-0.3, -0.25) is 4.79 Å². The molecule has 1 N–H and O–H groups in total. The summed E-state index contributed by atoms with van der Waals surface area (Å²) in [5, 5.41) is 13.1. The molecular weight excluding hydrogens is 398 g/mol. The maximum Gasteiger partial charge on any atom is 0.471 e. The van der Waals surface area contributed by atoms with E-state index < -0.39 is 35.4 Å². The molecule has 0 fully saturated rings. The lowest BCUT2D eigenvalue weighted by atomic mass is 10.0. The molecule has 1 aliphatic heterocycles. The summed E-state index contributed by atoms with van der Waals surface area (Å²) in [5.74, 6) is -3.07. The maximum atomic E-state index is 14.8. The Morgan fingerprint density at radius 1 is 1.34 bits per heavy atom. The first-order valence-corrected chi connectivity index (χ1v) is 8.73. The number of carbonyl (C=O) groups excluding carboxylic acids is 1. The second-order valence-corrected chi connectivity index (χ2v) is 7.53. The Hall–Kier alpha value is -2.69. The van der Waals surface area contributed by atoms with Crippen LogP contribution in [0, 0.1) is 5.82 Å². The molecule has 0 radical (unpaired) electrons. The molecule has 0 saturated carbocycles. The number of alkyl halides is 3. The molecule has 1 aromatic carbocycles. The van der Waals surface area contributed by atoms with E-state index in [1.807, 2.05) is 0 Å². The minimum atomic E-state index is -4.82. The smallest absolute Gasteiger partial charge is 0.471 e. The molecule has 1 aromatic heterocycles. The number of hydrogen-bond donors (Lipinski definition) is 1. The van der Waals surface area contributed by atoms with Crippen LogP contribution in [0.4, 0.5) is 17.6 Å². The molecule has 0 aliphatic carbocycles. The van der Waals surface area contributed by atoms with Crippen LogP contribution < -0.4 is 4.74 Å². The summed E-state index contributed by atoms with van der Waals surface area (Å²) >= 11 is 0. The molecule has 1 amide bonds. The first kappa shape index (κ1) is 21.0. The van der Waals surface area contributed by atoms with Crippen LogP contribution in [0.1, 0.15) is 38.6 Å². The van der Waals surface area contributed by atoms with E-state index in [0.29, 0.717) is 0 Å². The van der Waals surface area contributed by atoms with Gasteiger partial charge in [-0.2, -0.15) is 18.2 Å². The highest BCUT2D eigenvalue weighted by molar-refractivity contribution is 5.78. The van der Waals surface area contributed by atoms with Gasteiger partial charge in [-0.1, -0.05) is 5.16 Å². The minimum Gasteiger partial charge on any atom is -0.491 e. The van der Waals surface area contributed by atoms with Gasteiger partial charge in [0.2, 0.25) is 11.7 Å². The highest BCUT2D eigenvalue weighted by Gasteiger charge is 2.39. The Balaban J connectivity index is 1.92.